The summed E-state index contributed by atoms with van der Waals surface area (Å²) in [6.45, 7) is 5.64. The average molecular weight is 308 g/mol. The highest BCUT2D eigenvalue weighted by Crippen LogP contribution is 2.17. The molecule has 6 heteroatoms. The number of nitrogens with one attached hydrogen (secondary N) is 2. The molecule has 1 aromatic carbocycles. The third kappa shape index (κ3) is 6.13. The molecule has 0 bridgehead atoms. The summed E-state index contributed by atoms with van der Waals surface area (Å²) < 4.78 is 5.38. The standard InChI is InChI=1S/C16H24N2O4/c1-4-22-14-8-6-5-7-13(14)16(21)17-10-15(20)18-11(2)9-12(3)19/h5-8,11-12,19H,4,9-10H2,1-3H3,(H,17,21)(H,18,20). The average Bonchev–Trinajstić information content (AvgIpc) is 2.44. The van der Waals surface area contributed by atoms with Crippen LogP contribution >= 0.6 is 0 Å². The molecule has 2 atom stereocenters. The van der Waals surface area contributed by atoms with Crippen LogP contribution in [0, 0.1) is 0 Å². The van der Waals surface area contributed by atoms with Gasteiger partial charge in [0.25, 0.3) is 5.91 Å². The second-order valence-corrected chi connectivity index (χ2v) is 5.17. The van der Waals surface area contributed by atoms with E-state index in [1.165, 1.54) is 0 Å². The molecule has 0 heterocycles. The summed E-state index contributed by atoms with van der Waals surface area (Å²) in [5, 5.41) is 14.5. The second kappa shape index (κ2) is 9.04. The van der Waals surface area contributed by atoms with Gasteiger partial charge in [-0.25, -0.2) is 0 Å². The van der Waals surface area contributed by atoms with Crippen molar-refractivity contribution in [3.8, 4) is 5.75 Å². The largest absolute Gasteiger partial charge is 0.493 e. The molecule has 122 valence electrons. The predicted molar refractivity (Wildman–Crippen MR) is 83.8 cm³/mol. The van der Waals surface area contributed by atoms with Crippen molar-refractivity contribution < 1.29 is 19.4 Å². The molecule has 0 saturated heterocycles. The van der Waals surface area contributed by atoms with Crippen molar-refractivity contribution in [1.82, 2.24) is 10.6 Å². The van der Waals surface area contributed by atoms with Crippen LogP contribution in [0.1, 0.15) is 37.6 Å². The van der Waals surface area contributed by atoms with Gasteiger partial charge in [0.15, 0.2) is 0 Å². The zero-order valence-electron chi connectivity index (χ0n) is 13.3. The van der Waals surface area contributed by atoms with Crippen molar-refractivity contribution in [1.29, 1.82) is 0 Å². The van der Waals surface area contributed by atoms with Gasteiger partial charge in [-0.3, -0.25) is 9.59 Å². The second-order valence-electron chi connectivity index (χ2n) is 5.17. The Balaban J connectivity index is 2.51. The molecule has 2 unspecified atom stereocenters. The van der Waals surface area contributed by atoms with Crippen LogP contribution in [-0.4, -0.2) is 42.2 Å². The minimum absolute atomic E-state index is 0.122. The smallest absolute Gasteiger partial charge is 0.255 e. The van der Waals surface area contributed by atoms with E-state index in [0.29, 0.717) is 24.3 Å². The molecule has 0 aromatic heterocycles. The Kier molecular flexibility index (Phi) is 7.39. The van der Waals surface area contributed by atoms with Gasteiger partial charge < -0.3 is 20.5 Å². The summed E-state index contributed by atoms with van der Waals surface area (Å²) in [6, 6.07) is 6.73. The first-order valence-electron chi connectivity index (χ1n) is 7.41. The Morgan fingerprint density at radius 1 is 1.27 bits per heavy atom. The molecule has 0 aliphatic rings. The number of carbonyl (C=O) groups excluding carboxylic acids is 2. The number of benzene rings is 1. The number of ether oxygens (including phenoxy) is 1. The first kappa shape index (κ1) is 18.0. The first-order valence-corrected chi connectivity index (χ1v) is 7.41. The summed E-state index contributed by atoms with van der Waals surface area (Å²) in [5.41, 5.74) is 0.397. The lowest BCUT2D eigenvalue weighted by Gasteiger charge is -2.16. The van der Waals surface area contributed by atoms with Gasteiger partial charge in [0.1, 0.15) is 5.75 Å². The molecule has 0 fully saturated rings. The van der Waals surface area contributed by atoms with Crippen LogP contribution in [-0.2, 0) is 4.79 Å². The molecular weight excluding hydrogens is 284 g/mol. The molecule has 1 aromatic rings. The van der Waals surface area contributed by atoms with E-state index in [1.54, 1.807) is 38.1 Å². The highest BCUT2D eigenvalue weighted by Gasteiger charge is 2.14. The van der Waals surface area contributed by atoms with Crippen LogP contribution < -0.4 is 15.4 Å². The molecule has 0 spiro atoms. The van der Waals surface area contributed by atoms with Crippen LogP contribution in [0.5, 0.6) is 5.75 Å². The van der Waals surface area contributed by atoms with Gasteiger partial charge in [0.2, 0.25) is 5.91 Å². The third-order valence-electron chi connectivity index (χ3n) is 2.94. The number of amides is 2. The first-order chi connectivity index (χ1) is 10.4. The Bertz CT molecular complexity index is 503. The number of aliphatic hydroxyl groups is 1. The lowest BCUT2D eigenvalue weighted by Crippen LogP contribution is -2.41. The quantitative estimate of drug-likeness (QED) is 0.671. The molecule has 22 heavy (non-hydrogen) atoms. The van der Waals surface area contributed by atoms with Crippen molar-refractivity contribution in [2.45, 2.75) is 39.3 Å². The normalized spacial score (nSPS) is 13.1. The van der Waals surface area contributed by atoms with Crippen molar-refractivity contribution >= 4 is 11.8 Å². The SMILES string of the molecule is CCOc1ccccc1C(=O)NCC(=O)NC(C)CC(C)O. The number of aliphatic hydroxyl groups excluding tert-OH is 1. The molecule has 0 saturated carbocycles. The maximum absolute atomic E-state index is 12.1. The fourth-order valence-electron chi connectivity index (χ4n) is 2.09. The van der Waals surface area contributed by atoms with E-state index >= 15 is 0 Å². The van der Waals surface area contributed by atoms with E-state index < -0.39 is 6.10 Å². The van der Waals surface area contributed by atoms with Crippen LogP contribution in [0.3, 0.4) is 0 Å². The van der Waals surface area contributed by atoms with Gasteiger partial charge in [-0.05, 0) is 39.3 Å². The van der Waals surface area contributed by atoms with E-state index in [1.807, 2.05) is 6.92 Å². The lowest BCUT2D eigenvalue weighted by atomic mass is 10.1. The molecular formula is C16H24N2O4. The van der Waals surface area contributed by atoms with Crippen LogP contribution in [0.4, 0.5) is 0 Å². The predicted octanol–water partition coefficient (Wildman–Crippen LogP) is 1.09. The summed E-state index contributed by atoms with van der Waals surface area (Å²) >= 11 is 0. The summed E-state index contributed by atoms with van der Waals surface area (Å²) in [4.78, 5) is 23.8. The highest BCUT2D eigenvalue weighted by atomic mass is 16.5. The van der Waals surface area contributed by atoms with Crippen LogP contribution in [0.25, 0.3) is 0 Å². The Morgan fingerprint density at radius 2 is 1.95 bits per heavy atom. The molecule has 0 aliphatic heterocycles. The molecule has 1 rings (SSSR count). The van der Waals surface area contributed by atoms with Gasteiger partial charge in [0, 0.05) is 6.04 Å². The van der Waals surface area contributed by atoms with Gasteiger partial charge in [0.05, 0.1) is 24.8 Å². The summed E-state index contributed by atoms with van der Waals surface area (Å²) in [6.07, 6.45) is -0.0182. The zero-order chi connectivity index (χ0) is 16.5. The van der Waals surface area contributed by atoms with Crippen molar-refractivity contribution in [2.75, 3.05) is 13.2 Å². The Hall–Kier alpha value is -2.08. The van der Waals surface area contributed by atoms with Gasteiger partial charge in [-0.1, -0.05) is 12.1 Å². The number of carbonyl (C=O) groups is 2. The van der Waals surface area contributed by atoms with Crippen molar-refractivity contribution in [2.24, 2.45) is 0 Å². The van der Waals surface area contributed by atoms with E-state index in [9.17, 15) is 14.7 Å². The monoisotopic (exact) mass is 308 g/mol. The topological polar surface area (TPSA) is 87.7 Å². The minimum atomic E-state index is -0.483. The molecule has 0 aliphatic carbocycles. The Morgan fingerprint density at radius 3 is 2.59 bits per heavy atom. The molecule has 6 nitrogen and oxygen atoms in total. The zero-order valence-corrected chi connectivity index (χ0v) is 13.3. The molecule has 3 N–H and O–H groups in total. The summed E-state index contributed by atoms with van der Waals surface area (Å²) in [5.74, 6) is -0.164. The van der Waals surface area contributed by atoms with Crippen LogP contribution in [0.15, 0.2) is 24.3 Å². The number of para-hydroxylation sites is 1. The maximum Gasteiger partial charge on any atom is 0.255 e. The number of hydrogen-bond donors (Lipinski definition) is 3. The maximum atomic E-state index is 12.1. The van der Waals surface area contributed by atoms with E-state index in [-0.39, 0.29) is 24.4 Å². The number of hydrogen-bond acceptors (Lipinski definition) is 4. The van der Waals surface area contributed by atoms with E-state index in [0.717, 1.165) is 0 Å². The van der Waals surface area contributed by atoms with Gasteiger partial charge >= 0.3 is 0 Å². The van der Waals surface area contributed by atoms with Gasteiger partial charge in [-0.2, -0.15) is 0 Å². The van der Waals surface area contributed by atoms with Crippen molar-refractivity contribution in [3.05, 3.63) is 29.8 Å². The Labute approximate surface area is 130 Å². The van der Waals surface area contributed by atoms with E-state index in [4.69, 9.17) is 4.74 Å². The summed E-state index contributed by atoms with van der Waals surface area (Å²) in [7, 11) is 0. The van der Waals surface area contributed by atoms with Crippen LogP contribution in [0.2, 0.25) is 0 Å². The minimum Gasteiger partial charge on any atom is -0.493 e. The molecule has 2 amide bonds. The van der Waals surface area contributed by atoms with Gasteiger partial charge in [-0.15, -0.1) is 0 Å². The fraction of sp³-hybridized carbons (Fsp3) is 0.500. The lowest BCUT2D eigenvalue weighted by molar-refractivity contribution is -0.120. The molecule has 0 radical (unpaired) electrons. The number of rotatable bonds is 8. The van der Waals surface area contributed by atoms with Crippen molar-refractivity contribution in [3.63, 3.8) is 0 Å². The fourth-order valence-corrected chi connectivity index (χ4v) is 2.09. The van der Waals surface area contributed by atoms with E-state index in [2.05, 4.69) is 10.6 Å². The third-order valence-corrected chi connectivity index (χ3v) is 2.94. The highest BCUT2D eigenvalue weighted by molar-refractivity contribution is 5.98.